The molecule has 2 heterocycles. The summed E-state index contributed by atoms with van der Waals surface area (Å²) in [6.07, 6.45) is -4.90. The topological polar surface area (TPSA) is 0 Å². The third kappa shape index (κ3) is 5.65. The van der Waals surface area contributed by atoms with Gasteiger partial charge in [0, 0.05) is 0 Å². The molecule has 2 aliphatic carbocycles. The van der Waals surface area contributed by atoms with Crippen LogP contribution in [0.5, 0.6) is 0 Å². The summed E-state index contributed by atoms with van der Waals surface area (Å²) in [6.45, 7) is 3.94. The SMILES string of the molecule is CC1(c2cccc(C(F)(F)F)c2)C=c2cccc(Br)c2=[C]1[Zr+2][C]1=c2c(Br)ccc3c2=CC1(C)c1ccc(c(C(F)(F)F)c1)S3.[Cl-].[Cl-]. The summed E-state index contributed by atoms with van der Waals surface area (Å²) in [4.78, 5) is 0.901. The minimum absolute atomic E-state index is 0. The Kier molecular flexibility index (Phi) is 9.58. The van der Waals surface area contributed by atoms with Gasteiger partial charge in [0.1, 0.15) is 0 Å². The smallest absolute Gasteiger partial charge is 1.00 e. The molecule has 4 aromatic carbocycles. The van der Waals surface area contributed by atoms with Gasteiger partial charge in [0.25, 0.3) is 0 Å². The van der Waals surface area contributed by atoms with Gasteiger partial charge in [-0.2, -0.15) is 0 Å². The largest absolute Gasteiger partial charge is 1.00 e. The van der Waals surface area contributed by atoms with Crippen LogP contribution in [0.3, 0.4) is 0 Å². The van der Waals surface area contributed by atoms with Crippen molar-refractivity contribution in [3.8, 4) is 0 Å². The molecule has 2 atom stereocenters. The van der Waals surface area contributed by atoms with Crippen LogP contribution in [-0.4, -0.2) is 0 Å². The van der Waals surface area contributed by atoms with E-state index in [-0.39, 0.29) is 29.7 Å². The van der Waals surface area contributed by atoms with E-state index in [0.717, 1.165) is 59.1 Å². The van der Waals surface area contributed by atoms with E-state index in [4.69, 9.17) is 0 Å². The molecule has 0 aromatic heterocycles. The van der Waals surface area contributed by atoms with Gasteiger partial charge in [-0.05, 0) is 0 Å². The Morgan fingerprint density at radius 1 is 0.652 bits per heavy atom. The summed E-state index contributed by atoms with van der Waals surface area (Å²) < 4.78 is 88.4. The third-order valence-electron chi connectivity index (χ3n) is 8.76. The van der Waals surface area contributed by atoms with E-state index >= 15 is 0 Å². The van der Waals surface area contributed by atoms with Gasteiger partial charge < -0.3 is 24.8 Å². The average Bonchev–Trinajstić information content (AvgIpc) is 3.45. The Balaban J connectivity index is 0.00000208. The van der Waals surface area contributed by atoms with Crippen LogP contribution in [-0.2, 0) is 46.4 Å². The van der Waals surface area contributed by atoms with Crippen LogP contribution >= 0.6 is 43.6 Å². The van der Waals surface area contributed by atoms with Crippen LogP contribution in [0.2, 0.25) is 0 Å². The molecule has 0 amide bonds. The Hall–Kier alpha value is -1.29. The number of benzene rings is 4. The van der Waals surface area contributed by atoms with E-state index in [1.807, 2.05) is 50.3 Å². The fraction of sp³-hybridized carbons (Fsp3) is 0.176. The minimum atomic E-state index is -4.53. The first-order valence-corrected chi connectivity index (χ1v) is 18.4. The van der Waals surface area contributed by atoms with Crippen molar-refractivity contribution in [3.05, 3.63) is 125 Å². The van der Waals surface area contributed by atoms with Crippen LogP contribution in [0, 0.1) is 0 Å². The van der Waals surface area contributed by atoms with Gasteiger partial charge >= 0.3 is 284 Å². The van der Waals surface area contributed by atoms with E-state index in [0.29, 0.717) is 11.1 Å². The summed E-state index contributed by atoms with van der Waals surface area (Å²) in [6, 6.07) is 19.7. The van der Waals surface area contributed by atoms with Crippen molar-refractivity contribution in [1.29, 1.82) is 0 Å². The molecule has 4 bridgehead atoms. The van der Waals surface area contributed by atoms with Gasteiger partial charge in [-0.3, -0.25) is 0 Å². The summed E-state index contributed by atoms with van der Waals surface area (Å²) in [5.74, 6) is 0. The molecule has 46 heavy (non-hydrogen) atoms. The first-order chi connectivity index (χ1) is 20.6. The molecular weight excluding hydrogens is 876 g/mol. The molecule has 0 nitrogen and oxygen atoms in total. The molecule has 4 aromatic rings. The maximum absolute atomic E-state index is 14.3. The summed E-state index contributed by atoms with van der Waals surface area (Å²) >= 11 is 6.66. The average molecular weight is 897 g/mol. The number of rotatable bonds is 3. The van der Waals surface area contributed by atoms with Crippen molar-refractivity contribution in [2.45, 2.75) is 46.8 Å². The fourth-order valence-corrected chi connectivity index (χ4v) is 14.5. The van der Waals surface area contributed by atoms with Crippen molar-refractivity contribution in [2.75, 3.05) is 0 Å². The molecule has 12 heteroatoms. The molecule has 2 aliphatic heterocycles. The van der Waals surface area contributed by atoms with Crippen LogP contribution in [0.4, 0.5) is 26.3 Å². The van der Waals surface area contributed by atoms with Crippen LogP contribution in [0.15, 0.2) is 91.5 Å². The van der Waals surface area contributed by atoms with Gasteiger partial charge in [-0.1, -0.05) is 0 Å². The van der Waals surface area contributed by atoms with Crippen LogP contribution < -0.4 is 45.7 Å². The number of hydrogen-bond acceptors (Lipinski definition) is 1. The summed E-state index contributed by atoms with van der Waals surface area (Å²) in [5, 5.41) is 3.77. The Morgan fingerprint density at radius 3 is 1.96 bits per heavy atom. The number of fused-ring (bicyclic) bond motifs is 3. The quantitative estimate of drug-likeness (QED) is 0.285. The summed E-state index contributed by atoms with van der Waals surface area (Å²) in [5.41, 5.74) is -1.99. The van der Waals surface area contributed by atoms with Gasteiger partial charge in [-0.15, -0.1) is 0 Å². The third-order valence-corrected chi connectivity index (χ3v) is 16.2. The molecular formula is C34H20Br2Cl2F6SZr. The molecule has 2 unspecified atom stereocenters. The molecule has 0 N–H and O–H groups in total. The molecule has 8 rings (SSSR count). The Morgan fingerprint density at radius 2 is 1.26 bits per heavy atom. The second kappa shape index (κ2) is 12.2. The maximum atomic E-state index is 14.3. The molecule has 4 aliphatic rings. The first kappa shape index (κ1) is 36.0. The van der Waals surface area contributed by atoms with Crippen molar-refractivity contribution in [2.24, 2.45) is 0 Å². The zero-order chi connectivity index (χ0) is 31.4. The van der Waals surface area contributed by atoms with Crippen molar-refractivity contribution < 1.29 is 74.4 Å². The van der Waals surface area contributed by atoms with Crippen molar-refractivity contribution in [3.63, 3.8) is 0 Å². The van der Waals surface area contributed by atoms with Crippen LogP contribution in [0.25, 0.3) is 18.7 Å². The molecule has 0 fully saturated rings. The van der Waals surface area contributed by atoms with E-state index in [9.17, 15) is 26.3 Å². The van der Waals surface area contributed by atoms with Crippen LogP contribution in [0.1, 0.15) is 36.1 Å². The van der Waals surface area contributed by atoms with Gasteiger partial charge in [0.15, 0.2) is 0 Å². The Bertz CT molecular complexity index is 2180. The van der Waals surface area contributed by atoms with E-state index in [2.05, 4.69) is 37.9 Å². The van der Waals surface area contributed by atoms with E-state index in [1.54, 1.807) is 18.2 Å². The van der Waals surface area contributed by atoms with Gasteiger partial charge in [0.05, 0.1) is 0 Å². The number of alkyl halides is 6. The molecule has 236 valence electrons. The van der Waals surface area contributed by atoms with E-state index in [1.165, 1.54) is 18.2 Å². The molecule has 0 spiro atoms. The minimum Gasteiger partial charge on any atom is -1.00 e. The summed E-state index contributed by atoms with van der Waals surface area (Å²) in [7, 11) is 0. The second-order valence-corrected chi connectivity index (χ2v) is 17.4. The first-order valence-electron chi connectivity index (χ1n) is 13.5. The predicted octanol–water partition coefficient (Wildman–Crippen LogP) is 2.22. The zero-order valence-electron chi connectivity index (χ0n) is 23.8. The number of halogens is 10. The van der Waals surface area contributed by atoms with E-state index < -0.39 is 57.5 Å². The zero-order valence-corrected chi connectivity index (χ0v) is 31.7. The fourth-order valence-electron chi connectivity index (χ4n) is 6.51. The standard InChI is InChI=1S/C17H9BrF3S.C17H11BrF3.2ClH.Zr/c1-16-7-10-11(8-16)14(5-3-13(10)18)22-15-4-2-9(16)6-12(15)17(19,20)21;1-16(9-11-4-2-7-15(18)14(11)10-16)12-5-3-6-13(8-12)17(19,20)21;;;/h2-6,8H,1H3;2-9H,1H3;2*1H;/q;;;;+2/p-2. The van der Waals surface area contributed by atoms with Crippen molar-refractivity contribution >= 4 is 62.3 Å². The Labute approximate surface area is 305 Å². The second-order valence-electron chi connectivity index (χ2n) is 11.5. The van der Waals surface area contributed by atoms with Crippen molar-refractivity contribution in [1.82, 2.24) is 0 Å². The normalized spacial score (nSPS) is 20.7. The maximum Gasteiger partial charge on any atom is -1.00 e. The van der Waals surface area contributed by atoms with Gasteiger partial charge in [0.2, 0.25) is 0 Å². The van der Waals surface area contributed by atoms with Gasteiger partial charge in [-0.25, -0.2) is 0 Å². The molecule has 0 saturated carbocycles. The predicted molar refractivity (Wildman–Crippen MR) is 164 cm³/mol. The molecule has 0 radical (unpaired) electrons. The number of hydrogen-bond donors (Lipinski definition) is 0. The monoisotopic (exact) mass is 892 g/mol. The molecule has 0 saturated heterocycles.